The lowest BCUT2D eigenvalue weighted by molar-refractivity contribution is -0.123. The van der Waals surface area contributed by atoms with Crippen LogP contribution in [-0.4, -0.2) is 37.0 Å². The van der Waals surface area contributed by atoms with Gasteiger partial charge in [0.05, 0.1) is 0 Å². The molecule has 2 rings (SSSR count). The first-order valence-electron chi connectivity index (χ1n) is 8.56. The van der Waals surface area contributed by atoms with Crippen LogP contribution in [0.2, 0.25) is 0 Å². The highest BCUT2D eigenvalue weighted by atomic mass is 16.1. The van der Waals surface area contributed by atoms with E-state index >= 15 is 0 Å². The van der Waals surface area contributed by atoms with E-state index in [0.29, 0.717) is 24.3 Å². The molecule has 122 valence electrons. The van der Waals surface area contributed by atoms with Crippen LogP contribution in [0.5, 0.6) is 0 Å². The molecule has 0 spiro atoms. The quantitative estimate of drug-likeness (QED) is 0.876. The maximum Gasteiger partial charge on any atom is 0.220 e. The summed E-state index contributed by atoms with van der Waals surface area (Å²) < 4.78 is 0. The van der Waals surface area contributed by atoms with Gasteiger partial charge in [-0.05, 0) is 50.3 Å². The Hall–Kier alpha value is -1.35. The minimum atomic E-state index is 0.224. The number of hydrogen-bond acceptors (Lipinski definition) is 2. The third-order valence-corrected chi connectivity index (χ3v) is 4.76. The van der Waals surface area contributed by atoms with E-state index < -0.39 is 0 Å². The number of amides is 1. The summed E-state index contributed by atoms with van der Waals surface area (Å²) in [4.78, 5) is 14.6. The van der Waals surface area contributed by atoms with Gasteiger partial charge in [-0.2, -0.15) is 0 Å². The molecule has 3 atom stereocenters. The molecule has 0 aromatic heterocycles. The second-order valence-electron chi connectivity index (χ2n) is 7.04. The number of rotatable bonds is 6. The highest BCUT2D eigenvalue weighted by molar-refractivity contribution is 5.76. The van der Waals surface area contributed by atoms with Crippen molar-refractivity contribution < 1.29 is 4.79 Å². The summed E-state index contributed by atoms with van der Waals surface area (Å²) in [6, 6.07) is 10.9. The summed E-state index contributed by atoms with van der Waals surface area (Å²) in [6.07, 6.45) is 3.84. The SMILES string of the molecule is C[C@H](CCc1ccccc1)CC(=O)N[C@@H]1CCN(C)C[C@H]1C. The van der Waals surface area contributed by atoms with E-state index in [9.17, 15) is 4.79 Å². The van der Waals surface area contributed by atoms with Gasteiger partial charge in [-0.1, -0.05) is 44.2 Å². The molecule has 0 radical (unpaired) electrons. The van der Waals surface area contributed by atoms with E-state index in [2.05, 4.69) is 55.4 Å². The van der Waals surface area contributed by atoms with Crippen molar-refractivity contribution in [2.24, 2.45) is 11.8 Å². The van der Waals surface area contributed by atoms with Gasteiger partial charge >= 0.3 is 0 Å². The van der Waals surface area contributed by atoms with Gasteiger partial charge < -0.3 is 10.2 Å². The summed E-state index contributed by atoms with van der Waals surface area (Å²) in [5, 5.41) is 3.25. The van der Waals surface area contributed by atoms with E-state index in [4.69, 9.17) is 0 Å². The summed E-state index contributed by atoms with van der Waals surface area (Å²) >= 11 is 0. The molecule has 0 saturated carbocycles. The molecule has 1 aliphatic heterocycles. The Balaban J connectivity index is 1.70. The predicted molar refractivity (Wildman–Crippen MR) is 91.8 cm³/mol. The molecule has 1 heterocycles. The average Bonchev–Trinajstić information content (AvgIpc) is 2.49. The first-order chi connectivity index (χ1) is 10.5. The van der Waals surface area contributed by atoms with Gasteiger partial charge in [-0.15, -0.1) is 0 Å². The van der Waals surface area contributed by atoms with Crippen molar-refractivity contribution in [2.75, 3.05) is 20.1 Å². The summed E-state index contributed by atoms with van der Waals surface area (Å²) in [5.41, 5.74) is 1.36. The molecule has 0 bridgehead atoms. The third kappa shape index (κ3) is 5.45. The van der Waals surface area contributed by atoms with E-state index in [1.54, 1.807) is 0 Å². The van der Waals surface area contributed by atoms with Gasteiger partial charge in [0.2, 0.25) is 5.91 Å². The van der Waals surface area contributed by atoms with E-state index in [-0.39, 0.29) is 5.91 Å². The molecule has 1 amide bonds. The number of hydrogen-bond donors (Lipinski definition) is 1. The maximum absolute atomic E-state index is 12.2. The lowest BCUT2D eigenvalue weighted by Crippen LogP contribution is -2.49. The Labute approximate surface area is 135 Å². The molecule has 1 aliphatic rings. The van der Waals surface area contributed by atoms with Crippen LogP contribution in [0.1, 0.15) is 38.7 Å². The van der Waals surface area contributed by atoms with E-state index in [1.807, 2.05) is 6.07 Å². The number of piperidine rings is 1. The molecule has 1 saturated heterocycles. The van der Waals surface area contributed by atoms with Crippen LogP contribution in [0.15, 0.2) is 30.3 Å². The van der Waals surface area contributed by atoms with Crippen molar-refractivity contribution >= 4 is 5.91 Å². The molecule has 1 aromatic rings. The highest BCUT2D eigenvalue weighted by Gasteiger charge is 2.25. The summed E-state index contributed by atoms with van der Waals surface area (Å²) in [5.74, 6) is 1.20. The zero-order valence-corrected chi connectivity index (χ0v) is 14.2. The van der Waals surface area contributed by atoms with Crippen LogP contribution in [0.25, 0.3) is 0 Å². The number of likely N-dealkylation sites (tertiary alicyclic amines) is 1. The average molecular weight is 302 g/mol. The number of nitrogens with zero attached hydrogens (tertiary/aromatic N) is 1. The standard InChI is InChI=1S/C19H30N2O/c1-15(9-10-17-7-5-4-6-8-17)13-19(22)20-18-11-12-21(3)14-16(18)2/h4-8,15-16,18H,9-14H2,1-3H3,(H,20,22)/t15-,16-,18-/m1/s1. The molecule has 1 fully saturated rings. The van der Waals surface area contributed by atoms with Gasteiger partial charge in [0, 0.05) is 19.0 Å². The number of aryl methyl sites for hydroxylation is 1. The number of carbonyl (C=O) groups is 1. The zero-order chi connectivity index (χ0) is 15.9. The highest BCUT2D eigenvalue weighted by Crippen LogP contribution is 2.17. The lowest BCUT2D eigenvalue weighted by atomic mass is 9.93. The molecule has 22 heavy (non-hydrogen) atoms. The first-order valence-corrected chi connectivity index (χ1v) is 8.56. The van der Waals surface area contributed by atoms with Crippen molar-refractivity contribution in [3.63, 3.8) is 0 Å². The first kappa shape index (κ1) is 17.0. The van der Waals surface area contributed by atoms with Crippen LogP contribution < -0.4 is 5.32 Å². The fraction of sp³-hybridized carbons (Fsp3) is 0.632. The van der Waals surface area contributed by atoms with Crippen LogP contribution in [0.3, 0.4) is 0 Å². The summed E-state index contributed by atoms with van der Waals surface area (Å²) in [7, 11) is 2.15. The number of nitrogens with one attached hydrogen (secondary N) is 1. The maximum atomic E-state index is 12.2. The molecule has 3 heteroatoms. The molecule has 3 nitrogen and oxygen atoms in total. The Bertz CT molecular complexity index is 460. The van der Waals surface area contributed by atoms with Crippen LogP contribution in [0.4, 0.5) is 0 Å². The molecular weight excluding hydrogens is 272 g/mol. The topological polar surface area (TPSA) is 32.3 Å². The van der Waals surface area contributed by atoms with E-state index in [1.165, 1.54) is 5.56 Å². The molecular formula is C19H30N2O. The van der Waals surface area contributed by atoms with Gasteiger partial charge in [0.25, 0.3) is 0 Å². The second kappa shape index (κ2) is 8.33. The number of carbonyl (C=O) groups excluding carboxylic acids is 1. The Morgan fingerprint density at radius 3 is 2.77 bits per heavy atom. The molecule has 1 aromatic carbocycles. The number of benzene rings is 1. The third-order valence-electron chi connectivity index (χ3n) is 4.76. The van der Waals surface area contributed by atoms with Gasteiger partial charge in [-0.25, -0.2) is 0 Å². The molecule has 0 aliphatic carbocycles. The normalized spacial score (nSPS) is 24.0. The fourth-order valence-corrected chi connectivity index (χ4v) is 3.31. The van der Waals surface area contributed by atoms with Crippen LogP contribution in [0, 0.1) is 11.8 Å². The Morgan fingerprint density at radius 2 is 2.09 bits per heavy atom. The van der Waals surface area contributed by atoms with Gasteiger partial charge in [0.15, 0.2) is 0 Å². The predicted octanol–water partition coefficient (Wildman–Crippen LogP) is 3.10. The Kier molecular flexibility index (Phi) is 6.44. The van der Waals surface area contributed by atoms with Crippen LogP contribution in [-0.2, 0) is 11.2 Å². The largest absolute Gasteiger partial charge is 0.353 e. The van der Waals surface area contributed by atoms with Crippen molar-refractivity contribution in [3.8, 4) is 0 Å². The monoisotopic (exact) mass is 302 g/mol. The smallest absolute Gasteiger partial charge is 0.220 e. The second-order valence-corrected chi connectivity index (χ2v) is 7.04. The van der Waals surface area contributed by atoms with Gasteiger partial charge in [0.1, 0.15) is 0 Å². The molecule has 0 unspecified atom stereocenters. The van der Waals surface area contributed by atoms with Crippen molar-refractivity contribution in [3.05, 3.63) is 35.9 Å². The zero-order valence-electron chi connectivity index (χ0n) is 14.2. The van der Waals surface area contributed by atoms with Crippen molar-refractivity contribution in [1.29, 1.82) is 0 Å². The Morgan fingerprint density at radius 1 is 1.36 bits per heavy atom. The minimum Gasteiger partial charge on any atom is -0.353 e. The summed E-state index contributed by atoms with van der Waals surface area (Å²) in [6.45, 7) is 6.58. The van der Waals surface area contributed by atoms with Crippen LogP contribution >= 0.6 is 0 Å². The molecule has 1 N–H and O–H groups in total. The van der Waals surface area contributed by atoms with Gasteiger partial charge in [-0.3, -0.25) is 4.79 Å². The lowest BCUT2D eigenvalue weighted by Gasteiger charge is -2.35. The van der Waals surface area contributed by atoms with Crippen molar-refractivity contribution in [2.45, 2.75) is 45.6 Å². The van der Waals surface area contributed by atoms with Crippen molar-refractivity contribution in [1.82, 2.24) is 10.2 Å². The fourth-order valence-electron chi connectivity index (χ4n) is 3.31. The minimum absolute atomic E-state index is 0.224. The van der Waals surface area contributed by atoms with E-state index in [0.717, 1.165) is 32.4 Å².